The van der Waals surface area contributed by atoms with Gasteiger partial charge in [0.1, 0.15) is 0 Å². The molecule has 1 fully saturated rings. The van der Waals surface area contributed by atoms with E-state index in [1.807, 2.05) is 11.8 Å². The van der Waals surface area contributed by atoms with Gasteiger partial charge < -0.3 is 5.11 Å². The molecule has 0 spiro atoms. The van der Waals surface area contributed by atoms with Crippen LogP contribution in [0.4, 0.5) is 0 Å². The summed E-state index contributed by atoms with van der Waals surface area (Å²) in [5.74, 6) is 3.45. The van der Waals surface area contributed by atoms with Gasteiger partial charge >= 0.3 is 0 Å². The van der Waals surface area contributed by atoms with Crippen LogP contribution in [0.25, 0.3) is 0 Å². The quantitative estimate of drug-likeness (QED) is 0.761. The second kappa shape index (κ2) is 6.73. The van der Waals surface area contributed by atoms with Crippen LogP contribution in [0.15, 0.2) is 0 Å². The Morgan fingerprint density at radius 3 is 2.64 bits per heavy atom. The van der Waals surface area contributed by atoms with Crippen LogP contribution in [0.1, 0.15) is 46.0 Å². The zero-order valence-electron chi connectivity index (χ0n) is 9.54. The summed E-state index contributed by atoms with van der Waals surface area (Å²) in [6, 6.07) is 0. The molecule has 1 nitrogen and oxygen atoms in total. The monoisotopic (exact) mass is 216 g/mol. The van der Waals surface area contributed by atoms with Crippen molar-refractivity contribution in [2.24, 2.45) is 11.8 Å². The predicted molar refractivity (Wildman–Crippen MR) is 64.7 cm³/mol. The fourth-order valence-electron chi connectivity index (χ4n) is 2.61. The molecule has 3 atom stereocenters. The molecule has 0 saturated heterocycles. The molecule has 1 aliphatic carbocycles. The molecule has 84 valence electrons. The zero-order valence-corrected chi connectivity index (χ0v) is 10.4. The fraction of sp³-hybridized carbons (Fsp3) is 1.00. The van der Waals surface area contributed by atoms with Crippen molar-refractivity contribution >= 4 is 11.8 Å². The highest BCUT2D eigenvalue weighted by atomic mass is 32.2. The van der Waals surface area contributed by atoms with Crippen molar-refractivity contribution in [2.75, 3.05) is 11.5 Å². The van der Waals surface area contributed by atoms with E-state index in [1.54, 1.807) is 0 Å². The third-order valence-electron chi connectivity index (χ3n) is 3.48. The summed E-state index contributed by atoms with van der Waals surface area (Å²) < 4.78 is 0. The number of hydrogen-bond donors (Lipinski definition) is 1. The van der Waals surface area contributed by atoms with E-state index in [-0.39, 0.29) is 6.10 Å². The Hall–Kier alpha value is 0.310. The normalized spacial score (nSPS) is 30.2. The van der Waals surface area contributed by atoms with Crippen molar-refractivity contribution in [3.63, 3.8) is 0 Å². The van der Waals surface area contributed by atoms with Crippen LogP contribution in [0, 0.1) is 11.8 Å². The molecule has 0 aromatic carbocycles. The Balaban J connectivity index is 2.37. The van der Waals surface area contributed by atoms with E-state index in [9.17, 15) is 5.11 Å². The first-order valence-electron chi connectivity index (χ1n) is 6.05. The van der Waals surface area contributed by atoms with E-state index in [4.69, 9.17) is 0 Å². The lowest BCUT2D eigenvalue weighted by Gasteiger charge is -2.34. The minimum absolute atomic E-state index is 0.0507. The van der Waals surface area contributed by atoms with Crippen LogP contribution < -0.4 is 0 Å². The van der Waals surface area contributed by atoms with E-state index >= 15 is 0 Å². The molecule has 0 bridgehead atoms. The Kier molecular flexibility index (Phi) is 5.95. The van der Waals surface area contributed by atoms with Crippen molar-refractivity contribution in [1.82, 2.24) is 0 Å². The number of aliphatic hydroxyl groups excluding tert-OH is 1. The van der Waals surface area contributed by atoms with Gasteiger partial charge in [-0.05, 0) is 24.0 Å². The van der Waals surface area contributed by atoms with Gasteiger partial charge in [-0.15, -0.1) is 0 Å². The highest BCUT2D eigenvalue weighted by Crippen LogP contribution is 2.35. The van der Waals surface area contributed by atoms with Crippen LogP contribution in [0.3, 0.4) is 0 Å². The molecule has 0 heterocycles. The largest absolute Gasteiger partial charge is 0.392 e. The predicted octanol–water partition coefficient (Wildman–Crippen LogP) is 3.32. The lowest BCUT2D eigenvalue weighted by Crippen LogP contribution is -2.32. The summed E-state index contributed by atoms with van der Waals surface area (Å²) in [6.45, 7) is 4.43. The first kappa shape index (κ1) is 12.4. The zero-order chi connectivity index (χ0) is 10.4. The molecule has 1 N–H and O–H groups in total. The lowest BCUT2D eigenvalue weighted by atomic mass is 9.75. The molecule has 2 heteroatoms. The van der Waals surface area contributed by atoms with Gasteiger partial charge in [0.25, 0.3) is 0 Å². The standard InChI is InChI=1S/C12H24OS/c1-3-10-7-5-6-8-11(10)12(13)9-14-4-2/h10-13H,3-9H2,1-2H3. The van der Waals surface area contributed by atoms with Crippen molar-refractivity contribution in [2.45, 2.75) is 52.1 Å². The van der Waals surface area contributed by atoms with E-state index in [1.165, 1.54) is 32.1 Å². The molecule has 0 aromatic rings. The van der Waals surface area contributed by atoms with Gasteiger partial charge in [-0.3, -0.25) is 0 Å². The van der Waals surface area contributed by atoms with Crippen LogP contribution in [-0.2, 0) is 0 Å². The van der Waals surface area contributed by atoms with Crippen LogP contribution in [0.2, 0.25) is 0 Å². The first-order chi connectivity index (χ1) is 6.79. The van der Waals surface area contributed by atoms with Crippen molar-refractivity contribution in [3.05, 3.63) is 0 Å². The Morgan fingerprint density at radius 2 is 2.00 bits per heavy atom. The Labute approximate surface area is 92.7 Å². The van der Waals surface area contributed by atoms with Crippen molar-refractivity contribution < 1.29 is 5.11 Å². The number of hydrogen-bond acceptors (Lipinski definition) is 2. The molecule has 0 aliphatic heterocycles. The van der Waals surface area contributed by atoms with Gasteiger partial charge in [-0.2, -0.15) is 11.8 Å². The van der Waals surface area contributed by atoms with E-state index in [0.29, 0.717) is 5.92 Å². The Morgan fingerprint density at radius 1 is 1.29 bits per heavy atom. The molecular weight excluding hydrogens is 192 g/mol. The number of aliphatic hydroxyl groups is 1. The average Bonchev–Trinajstić information content (AvgIpc) is 2.25. The van der Waals surface area contributed by atoms with Crippen molar-refractivity contribution in [1.29, 1.82) is 0 Å². The van der Waals surface area contributed by atoms with Gasteiger partial charge in [0.05, 0.1) is 6.10 Å². The second-order valence-corrected chi connectivity index (χ2v) is 5.66. The molecule has 0 aromatic heterocycles. The Bertz CT molecular complexity index is 149. The van der Waals surface area contributed by atoms with Crippen LogP contribution in [-0.4, -0.2) is 22.7 Å². The van der Waals surface area contributed by atoms with Crippen LogP contribution >= 0.6 is 11.8 Å². The molecule has 3 unspecified atom stereocenters. The van der Waals surface area contributed by atoms with E-state index in [2.05, 4.69) is 13.8 Å². The summed E-state index contributed by atoms with van der Waals surface area (Å²) in [5, 5.41) is 10.1. The van der Waals surface area contributed by atoms with Gasteiger partial charge in [-0.25, -0.2) is 0 Å². The highest BCUT2D eigenvalue weighted by molar-refractivity contribution is 7.99. The number of rotatable bonds is 5. The second-order valence-electron chi connectivity index (χ2n) is 4.34. The minimum Gasteiger partial charge on any atom is -0.392 e. The maximum absolute atomic E-state index is 10.1. The molecular formula is C12H24OS. The molecule has 14 heavy (non-hydrogen) atoms. The van der Waals surface area contributed by atoms with Crippen LogP contribution in [0.5, 0.6) is 0 Å². The average molecular weight is 216 g/mol. The molecule has 1 saturated carbocycles. The number of thioether (sulfide) groups is 1. The lowest BCUT2D eigenvalue weighted by molar-refractivity contribution is 0.0629. The SMILES string of the molecule is CCSCC(O)C1CCCCC1CC. The molecule has 0 radical (unpaired) electrons. The third-order valence-corrected chi connectivity index (χ3v) is 4.46. The molecule has 1 aliphatic rings. The minimum atomic E-state index is -0.0507. The summed E-state index contributed by atoms with van der Waals surface area (Å²) in [5.41, 5.74) is 0. The smallest absolute Gasteiger partial charge is 0.0661 e. The highest BCUT2D eigenvalue weighted by Gasteiger charge is 2.29. The van der Waals surface area contributed by atoms with Gasteiger partial charge in [-0.1, -0.05) is 39.5 Å². The third kappa shape index (κ3) is 3.47. The fourth-order valence-corrected chi connectivity index (χ4v) is 3.34. The molecule has 0 amide bonds. The van der Waals surface area contributed by atoms with E-state index in [0.717, 1.165) is 17.4 Å². The summed E-state index contributed by atoms with van der Waals surface area (Å²) in [6.07, 6.45) is 6.50. The van der Waals surface area contributed by atoms with Gasteiger partial charge in [0.2, 0.25) is 0 Å². The van der Waals surface area contributed by atoms with Gasteiger partial charge in [0.15, 0.2) is 0 Å². The molecule has 1 rings (SSSR count). The topological polar surface area (TPSA) is 20.2 Å². The first-order valence-corrected chi connectivity index (χ1v) is 7.20. The maximum atomic E-state index is 10.1. The maximum Gasteiger partial charge on any atom is 0.0661 e. The summed E-state index contributed by atoms with van der Waals surface area (Å²) in [7, 11) is 0. The van der Waals surface area contributed by atoms with Gasteiger partial charge in [0, 0.05) is 5.75 Å². The summed E-state index contributed by atoms with van der Waals surface area (Å²) in [4.78, 5) is 0. The van der Waals surface area contributed by atoms with E-state index < -0.39 is 0 Å². The van der Waals surface area contributed by atoms with Crippen molar-refractivity contribution in [3.8, 4) is 0 Å². The summed E-state index contributed by atoms with van der Waals surface area (Å²) >= 11 is 1.87.